The highest BCUT2D eigenvalue weighted by Crippen LogP contribution is 2.32. The zero-order chi connectivity index (χ0) is 19.5. The van der Waals surface area contributed by atoms with Gasteiger partial charge in [-0.3, -0.25) is 0 Å². The van der Waals surface area contributed by atoms with Gasteiger partial charge >= 0.3 is 6.36 Å². The Labute approximate surface area is 161 Å². The summed E-state index contributed by atoms with van der Waals surface area (Å²) in [6.07, 6.45) is 9.64. The first-order valence-electron chi connectivity index (χ1n) is 10.3. The lowest BCUT2D eigenvalue weighted by molar-refractivity contribution is -0.274. The van der Waals surface area contributed by atoms with Gasteiger partial charge in [-0.25, -0.2) is 0 Å². The lowest BCUT2D eigenvalue weighted by atomic mass is 9.80. The number of benzene rings is 1. The molecule has 0 saturated heterocycles. The van der Waals surface area contributed by atoms with E-state index in [9.17, 15) is 13.2 Å². The van der Waals surface area contributed by atoms with Crippen molar-refractivity contribution in [3.05, 3.63) is 29.8 Å². The van der Waals surface area contributed by atoms with Gasteiger partial charge in [0.05, 0.1) is 0 Å². The third-order valence-electron chi connectivity index (χ3n) is 5.32. The Morgan fingerprint density at radius 3 is 2.19 bits per heavy atom. The van der Waals surface area contributed by atoms with E-state index in [0.29, 0.717) is 5.92 Å². The Balaban J connectivity index is 1.67. The van der Waals surface area contributed by atoms with Gasteiger partial charge in [-0.1, -0.05) is 63.7 Å². The number of rotatable bonds is 8. The number of alkyl halides is 3. The van der Waals surface area contributed by atoms with Crippen molar-refractivity contribution >= 4 is 0 Å². The third-order valence-corrected chi connectivity index (χ3v) is 5.32. The van der Waals surface area contributed by atoms with E-state index >= 15 is 0 Å². The predicted octanol–water partition coefficient (Wildman–Crippen LogP) is 7.49. The van der Waals surface area contributed by atoms with E-state index in [0.717, 1.165) is 24.3 Å². The fraction of sp³-hybridized carbons (Fsp3) is 0.652. The summed E-state index contributed by atoms with van der Waals surface area (Å²) in [5.74, 6) is 7.47. The summed E-state index contributed by atoms with van der Waals surface area (Å²) in [5, 5.41) is 0. The SMILES string of the molecule is CCCCCCCCC1CCC(C#Cc2ccc(OC(F)(F)F)cc2)CC1. The van der Waals surface area contributed by atoms with Gasteiger partial charge in [0.2, 0.25) is 0 Å². The normalized spacial score (nSPS) is 20.0. The molecule has 0 radical (unpaired) electrons. The maximum absolute atomic E-state index is 12.2. The first-order chi connectivity index (χ1) is 13.0. The number of halogens is 3. The standard InChI is InChI=1S/C23H31F3O/c1-2-3-4-5-6-7-8-19-9-11-20(12-10-19)13-14-21-15-17-22(18-16-21)27-23(24,25)26/h15-20H,2-12H2,1H3. The second kappa shape index (κ2) is 11.3. The van der Waals surface area contributed by atoms with Gasteiger partial charge in [0.1, 0.15) is 5.75 Å². The van der Waals surface area contributed by atoms with E-state index in [1.54, 1.807) is 12.1 Å². The Kier molecular flexibility index (Phi) is 9.04. The van der Waals surface area contributed by atoms with Crippen molar-refractivity contribution in [3.8, 4) is 17.6 Å². The molecule has 1 fully saturated rings. The van der Waals surface area contributed by atoms with Crippen molar-refractivity contribution in [2.45, 2.75) is 83.9 Å². The van der Waals surface area contributed by atoms with Crippen LogP contribution >= 0.6 is 0 Å². The lowest BCUT2D eigenvalue weighted by Crippen LogP contribution is -2.16. The summed E-state index contributed by atoms with van der Waals surface area (Å²) in [6.45, 7) is 2.25. The van der Waals surface area contributed by atoms with Crippen LogP contribution in [0.5, 0.6) is 5.75 Å². The van der Waals surface area contributed by atoms with Gasteiger partial charge in [0, 0.05) is 11.5 Å². The Bertz CT molecular complexity index is 587. The number of ether oxygens (including phenoxy) is 1. The highest BCUT2D eigenvalue weighted by Gasteiger charge is 2.30. The fourth-order valence-electron chi connectivity index (χ4n) is 3.73. The molecule has 1 aliphatic carbocycles. The molecule has 1 aromatic rings. The maximum atomic E-state index is 12.2. The first kappa shape index (κ1) is 21.7. The maximum Gasteiger partial charge on any atom is 0.573 e. The van der Waals surface area contributed by atoms with E-state index in [-0.39, 0.29) is 5.75 Å². The number of hydrogen-bond acceptors (Lipinski definition) is 1. The largest absolute Gasteiger partial charge is 0.573 e. The smallest absolute Gasteiger partial charge is 0.406 e. The molecule has 0 amide bonds. The van der Waals surface area contributed by atoms with Crippen molar-refractivity contribution in [3.63, 3.8) is 0 Å². The summed E-state index contributed by atoms with van der Waals surface area (Å²) >= 11 is 0. The molecule has 4 heteroatoms. The molecule has 0 spiro atoms. The molecule has 1 saturated carbocycles. The number of unbranched alkanes of at least 4 members (excludes halogenated alkanes) is 5. The summed E-state index contributed by atoms with van der Waals surface area (Å²) in [5.41, 5.74) is 0.735. The van der Waals surface area contributed by atoms with Crippen LogP contribution in [-0.4, -0.2) is 6.36 Å². The molecular formula is C23H31F3O. The molecule has 0 aromatic heterocycles. The Morgan fingerprint density at radius 1 is 0.926 bits per heavy atom. The van der Waals surface area contributed by atoms with Crippen LogP contribution in [-0.2, 0) is 0 Å². The average molecular weight is 380 g/mol. The third kappa shape index (κ3) is 9.22. The number of hydrogen-bond donors (Lipinski definition) is 0. The second-order valence-electron chi connectivity index (χ2n) is 7.62. The minimum atomic E-state index is -4.65. The van der Waals surface area contributed by atoms with Crippen LogP contribution in [0.3, 0.4) is 0 Å². The van der Waals surface area contributed by atoms with Crippen molar-refractivity contribution in [1.29, 1.82) is 0 Å². The van der Waals surface area contributed by atoms with Crippen molar-refractivity contribution in [2.24, 2.45) is 11.8 Å². The quantitative estimate of drug-likeness (QED) is 0.335. The van der Waals surface area contributed by atoms with Crippen LogP contribution in [0.1, 0.15) is 83.1 Å². The van der Waals surface area contributed by atoms with E-state index in [2.05, 4.69) is 23.5 Å². The molecule has 27 heavy (non-hydrogen) atoms. The second-order valence-corrected chi connectivity index (χ2v) is 7.62. The van der Waals surface area contributed by atoms with Crippen LogP contribution in [0.2, 0.25) is 0 Å². The van der Waals surface area contributed by atoms with E-state index in [4.69, 9.17) is 0 Å². The molecule has 0 atom stereocenters. The predicted molar refractivity (Wildman–Crippen MR) is 103 cm³/mol. The molecule has 150 valence electrons. The van der Waals surface area contributed by atoms with Gasteiger partial charge in [0.25, 0.3) is 0 Å². The van der Waals surface area contributed by atoms with Crippen molar-refractivity contribution in [2.75, 3.05) is 0 Å². The van der Waals surface area contributed by atoms with Gasteiger partial charge in [-0.2, -0.15) is 0 Å². The van der Waals surface area contributed by atoms with E-state index < -0.39 is 6.36 Å². The average Bonchev–Trinajstić information content (AvgIpc) is 2.64. The zero-order valence-corrected chi connectivity index (χ0v) is 16.3. The minimum absolute atomic E-state index is 0.205. The Morgan fingerprint density at radius 2 is 1.56 bits per heavy atom. The molecule has 0 aliphatic heterocycles. The van der Waals surface area contributed by atoms with Crippen molar-refractivity contribution in [1.82, 2.24) is 0 Å². The molecule has 2 rings (SSSR count). The van der Waals surface area contributed by atoms with Crippen LogP contribution in [0.4, 0.5) is 13.2 Å². The van der Waals surface area contributed by atoms with E-state index in [1.807, 2.05) is 0 Å². The zero-order valence-electron chi connectivity index (χ0n) is 16.3. The van der Waals surface area contributed by atoms with Gasteiger partial charge < -0.3 is 4.74 Å². The molecule has 0 N–H and O–H groups in total. The van der Waals surface area contributed by atoms with Gasteiger partial charge in [-0.15, -0.1) is 13.2 Å². The summed E-state index contributed by atoms with van der Waals surface area (Å²) in [7, 11) is 0. The highest BCUT2D eigenvalue weighted by atomic mass is 19.4. The van der Waals surface area contributed by atoms with Gasteiger partial charge in [-0.05, 0) is 55.9 Å². The molecule has 0 bridgehead atoms. The molecule has 1 nitrogen and oxygen atoms in total. The van der Waals surface area contributed by atoms with Crippen LogP contribution in [0.15, 0.2) is 24.3 Å². The van der Waals surface area contributed by atoms with E-state index in [1.165, 1.54) is 69.9 Å². The highest BCUT2D eigenvalue weighted by molar-refractivity contribution is 5.38. The molecule has 1 aromatic carbocycles. The topological polar surface area (TPSA) is 9.23 Å². The van der Waals surface area contributed by atoms with Crippen LogP contribution < -0.4 is 4.74 Å². The fourth-order valence-corrected chi connectivity index (χ4v) is 3.73. The molecule has 1 aliphatic rings. The summed E-state index contributed by atoms with van der Waals surface area (Å²) in [4.78, 5) is 0. The summed E-state index contributed by atoms with van der Waals surface area (Å²) < 4.78 is 40.4. The first-order valence-corrected chi connectivity index (χ1v) is 10.3. The van der Waals surface area contributed by atoms with Crippen LogP contribution in [0.25, 0.3) is 0 Å². The minimum Gasteiger partial charge on any atom is -0.406 e. The monoisotopic (exact) mass is 380 g/mol. The lowest BCUT2D eigenvalue weighted by Gasteiger charge is -2.25. The van der Waals surface area contributed by atoms with Gasteiger partial charge in [0.15, 0.2) is 0 Å². The molecule has 0 unspecified atom stereocenters. The van der Waals surface area contributed by atoms with Crippen molar-refractivity contribution < 1.29 is 17.9 Å². The molecule has 0 heterocycles. The summed E-state index contributed by atoms with van der Waals surface area (Å²) in [6, 6.07) is 5.79. The Hall–Kier alpha value is -1.63. The van der Waals surface area contributed by atoms with Crippen LogP contribution in [0, 0.1) is 23.7 Å². The molecular weight excluding hydrogens is 349 g/mol.